The van der Waals surface area contributed by atoms with Gasteiger partial charge in [-0.1, -0.05) is 25.0 Å². The van der Waals surface area contributed by atoms with Crippen LogP contribution < -0.4 is 4.72 Å². The number of hydrogen-bond donors (Lipinski definition) is 1. The van der Waals surface area contributed by atoms with Crippen LogP contribution in [0.3, 0.4) is 0 Å². The zero-order valence-corrected chi connectivity index (χ0v) is 11.9. The van der Waals surface area contributed by atoms with Crippen molar-refractivity contribution in [3.8, 4) is 0 Å². The first-order chi connectivity index (χ1) is 8.09. The molecule has 0 aliphatic heterocycles. The Balaban J connectivity index is 1.91. The molecule has 17 heavy (non-hydrogen) atoms. The summed E-state index contributed by atoms with van der Waals surface area (Å²) in [5.41, 5.74) is 0. The number of nitrogens with one attached hydrogen (secondary N) is 1. The molecule has 94 valence electrons. The first kappa shape index (κ1) is 13.1. The minimum absolute atomic E-state index is 0.312. The molecule has 1 N–H and O–H groups in total. The molecular weight excluding hydrogens is 302 g/mol. The van der Waals surface area contributed by atoms with E-state index in [1.807, 2.05) is 0 Å². The lowest BCUT2D eigenvalue weighted by molar-refractivity contribution is 0.572. The molecule has 0 amide bonds. The molecule has 0 atom stereocenters. The Morgan fingerprint density at radius 1 is 1.29 bits per heavy atom. The average Bonchev–Trinajstić information content (AvgIpc) is 3.09. The summed E-state index contributed by atoms with van der Waals surface area (Å²) in [5, 5.41) is 0. The van der Waals surface area contributed by atoms with Crippen molar-refractivity contribution in [2.75, 3.05) is 6.54 Å². The first-order valence-corrected chi connectivity index (χ1v) is 8.11. The predicted octanol–water partition coefficient (Wildman–Crippen LogP) is 2.92. The summed E-state index contributed by atoms with van der Waals surface area (Å²) in [5.74, 6) is 0.850. The molecule has 0 unspecified atom stereocenters. The van der Waals surface area contributed by atoms with Crippen molar-refractivity contribution < 1.29 is 8.42 Å². The summed E-state index contributed by atoms with van der Waals surface area (Å²) in [4.78, 5) is 0.312. The SMILES string of the molecule is O=S(=O)(NCCCC1CC1)c1ccccc1Br. The monoisotopic (exact) mass is 317 g/mol. The highest BCUT2D eigenvalue weighted by Crippen LogP contribution is 2.33. The van der Waals surface area contributed by atoms with E-state index in [4.69, 9.17) is 0 Å². The molecular formula is C12H16BrNO2S. The molecule has 1 aliphatic rings. The molecule has 0 radical (unpaired) electrons. The third-order valence-electron chi connectivity index (χ3n) is 2.90. The maximum Gasteiger partial charge on any atom is 0.241 e. The van der Waals surface area contributed by atoms with Gasteiger partial charge in [-0.15, -0.1) is 0 Å². The highest BCUT2D eigenvalue weighted by atomic mass is 79.9. The molecule has 1 fully saturated rings. The lowest BCUT2D eigenvalue weighted by Crippen LogP contribution is -2.25. The van der Waals surface area contributed by atoms with E-state index in [1.165, 1.54) is 12.8 Å². The van der Waals surface area contributed by atoms with Crippen LogP contribution >= 0.6 is 15.9 Å². The second-order valence-electron chi connectivity index (χ2n) is 4.41. The minimum atomic E-state index is -3.37. The van der Waals surface area contributed by atoms with Crippen LogP contribution in [0.2, 0.25) is 0 Å². The topological polar surface area (TPSA) is 46.2 Å². The van der Waals surface area contributed by atoms with Gasteiger partial charge in [0.1, 0.15) is 0 Å². The highest BCUT2D eigenvalue weighted by molar-refractivity contribution is 9.10. The van der Waals surface area contributed by atoms with Crippen LogP contribution in [0.5, 0.6) is 0 Å². The van der Waals surface area contributed by atoms with Gasteiger partial charge < -0.3 is 0 Å². The van der Waals surface area contributed by atoms with Crippen LogP contribution in [0.4, 0.5) is 0 Å². The van der Waals surface area contributed by atoms with Crippen LogP contribution in [0.1, 0.15) is 25.7 Å². The van der Waals surface area contributed by atoms with Crippen molar-refractivity contribution in [3.05, 3.63) is 28.7 Å². The second kappa shape index (κ2) is 5.50. The summed E-state index contributed by atoms with van der Waals surface area (Å²) in [6.45, 7) is 0.528. The van der Waals surface area contributed by atoms with Gasteiger partial charge >= 0.3 is 0 Å². The standard InChI is InChI=1S/C12H16BrNO2S/c13-11-5-1-2-6-12(11)17(15,16)14-9-3-4-10-7-8-10/h1-2,5-6,10,14H,3-4,7-9H2. The van der Waals surface area contributed by atoms with E-state index < -0.39 is 10.0 Å². The zero-order valence-electron chi connectivity index (χ0n) is 9.52. The molecule has 0 heterocycles. The molecule has 1 aliphatic carbocycles. The molecule has 5 heteroatoms. The van der Waals surface area contributed by atoms with Gasteiger partial charge in [0.2, 0.25) is 10.0 Å². The maximum atomic E-state index is 12.0. The van der Waals surface area contributed by atoms with Crippen LogP contribution in [0.15, 0.2) is 33.6 Å². The Morgan fingerprint density at radius 3 is 2.65 bits per heavy atom. The van der Waals surface area contributed by atoms with Crippen molar-refractivity contribution in [3.63, 3.8) is 0 Å². The Labute approximate surface area is 111 Å². The molecule has 0 spiro atoms. The van der Waals surface area contributed by atoms with Gasteiger partial charge in [0.25, 0.3) is 0 Å². The first-order valence-electron chi connectivity index (χ1n) is 5.84. The number of benzene rings is 1. The molecule has 0 bridgehead atoms. The van der Waals surface area contributed by atoms with Gasteiger partial charge in [-0.05, 0) is 46.8 Å². The smallest absolute Gasteiger partial charge is 0.211 e. The highest BCUT2D eigenvalue weighted by Gasteiger charge is 2.21. The van der Waals surface area contributed by atoms with E-state index in [0.29, 0.717) is 15.9 Å². The van der Waals surface area contributed by atoms with E-state index >= 15 is 0 Å². The Kier molecular flexibility index (Phi) is 4.22. The number of hydrogen-bond acceptors (Lipinski definition) is 2. The summed E-state index contributed by atoms with van der Waals surface area (Å²) in [6, 6.07) is 6.87. The van der Waals surface area contributed by atoms with E-state index in [-0.39, 0.29) is 0 Å². The van der Waals surface area contributed by atoms with Crippen molar-refractivity contribution in [1.29, 1.82) is 0 Å². The molecule has 1 saturated carbocycles. The van der Waals surface area contributed by atoms with Crippen molar-refractivity contribution in [1.82, 2.24) is 4.72 Å². The van der Waals surface area contributed by atoms with Crippen LogP contribution in [0, 0.1) is 5.92 Å². The molecule has 2 rings (SSSR count). The fourth-order valence-corrected chi connectivity index (χ4v) is 3.82. The Bertz CT molecular complexity index is 483. The second-order valence-corrected chi connectivity index (χ2v) is 7.00. The molecule has 0 saturated heterocycles. The van der Waals surface area contributed by atoms with E-state index in [9.17, 15) is 8.42 Å². The van der Waals surface area contributed by atoms with Crippen molar-refractivity contribution in [2.45, 2.75) is 30.6 Å². The lowest BCUT2D eigenvalue weighted by atomic mass is 10.2. The van der Waals surface area contributed by atoms with E-state index in [1.54, 1.807) is 24.3 Å². The molecule has 0 aromatic heterocycles. The third-order valence-corrected chi connectivity index (χ3v) is 5.38. The third kappa shape index (κ3) is 3.79. The fraction of sp³-hybridized carbons (Fsp3) is 0.500. The van der Waals surface area contributed by atoms with Crippen molar-refractivity contribution >= 4 is 26.0 Å². The molecule has 3 nitrogen and oxygen atoms in total. The van der Waals surface area contributed by atoms with Gasteiger partial charge in [0, 0.05) is 11.0 Å². The van der Waals surface area contributed by atoms with Crippen LogP contribution in [-0.4, -0.2) is 15.0 Å². The Morgan fingerprint density at radius 2 is 2.00 bits per heavy atom. The Hall–Kier alpha value is -0.390. The number of rotatable bonds is 6. The average molecular weight is 318 g/mol. The summed E-state index contributed by atoms with van der Waals surface area (Å²) in [7, 11) is -3.37. The van der Waals surface area contributed by atoms with Crippen LogP contribution in [-0.2, 0) is 10.0 Å². The zero-order chi connectivity index (χ0) is 12.3. The quantitative estimate of drug-likeness (QED) is 0.820. The van der Waals surface area contributed by atoms with Crippen LogP contribution in [0.25, 0.3) is 0 Å². The summed E-state index contributed by atoms with van der Waals surface area (Å²) >= 11 is 3.26. The molecule has 1 aromatic rings. The summed E-state index contributed by atoms with van der Waals surface area (Å²) < 4.78 is 27.2. The largest absolute Gasteiger partial charge is 0.241 e. The van der Waals surface area contributed by atoms with Gasteiger partial charge in [-0.3, -0.25) is 0 Å². The summed E-state index contributed by atoms with van der Waals surface area (Å²) in [6.07, 6.45) is 4.70. The van der Waals surface area contributed by atoms with E-state index in [0.717, 1.165) is 18.8 Å². The van der Waals surface area contributed by atoms with Gasteiger partial charge in [-0.25, -0.2) is 13.1 Å². The lowest BCUT2D eigenvalue weighted by Gasteiger charge is -2.07. The number of sulfonamides is 1. The minimum Gasteiger partial charge on any atom is -0.211 e. The number of halogens is 1. The van der Waals surface area contributed by atoms with E-state index in [2.05, 4.69) is 20.7 Å². The fourth-order valence-electron chi connectivity index (χ4n) is 1.74. The predicted molar refractivity (Wildman–Crippen MR) is 71.3 cm³/mol. The normalized spacial score (nSPS) is 16.1. The molecule has 1 aromatic carbocycles. The van der Waals surface area contributed by atoms with Gasteiger partial charge in [-0.2, -0.15) is 0 Å². The van der Waals surface area contributed by atoms with Gasteiger partial charge in [0.15, 0.2) is 0 Å². The van der Waals surface area contributed by atoms with Crippen molar-refractivity contribution in [2.24, 2.45) is 5.92 Å². The maximum absolute atomic E-state index is 12.0. The van der Waals surface area contributed by atoms with Gasteiger partial charge in [0.05, 0.1) is 4.90 Å².